The van der Waals surface area contributed by atoms with Gasteiger partial charge in [0, 0.05) is 49.8 Å². The quantitative estimate of drug-likeness (QED) is 0.434. The molecule has 1 fully saturated rings. The monoisotopic (exact) mass is 465 g/mol. The largest absolute Gasteiger partial charge is 0.507 e. The summed E-state index contributed by atoms with van der Waals surface area (Å²) in [6, 6.07) is 11.9. The van der Waals surface area contributed by atoms with E-state index in [1.165, 1.54) is 0 Å². The number of ether oxygens (including phenoxy) is 2. The van der Waals surface area contributed by atoms with Crippen LogP contribution >= 0.6 is 0 Å². The van der Waals surface area contributed by atoms with E-state index >= 15 is 0 Å². The van der Waals surface area contributed by atoms with Crippen molar-refractivity contribution >= 4 is 22.7 Å². The Morgan fingerprint density at radius 1 is 1.03 bits per heavy atom. The first-order valence-electron chi connectivity index (χ1n) is 11.8. The number of rotatable bonds is 9. The summed E-state index contributed by atoms with van der Waals surface area (Å²) in [6.07, 6.45) is 4.42. The number of aromatic hydroxyl groups is 1. The Morgan fingerprint density at radius 3 is 2.50 bits per heavy atom. The Labute approximate surface area is 201 Å². The molecule has 0 bridgehead atoms. The van der Waals surface area contributed by atoms with Gasteiger partial charge in [0.2, 0.25) is 5.95 Å². The molecule has 182 valence electrons. The number of phenolic OH excluding ortho intramolecular Hbond substituents is 1. The number of hydrogen-bond donors (Lipinski definition) is 3. The third kappa shape index (κ3) is 5.44. The van der Waals surface area contributed by atoms with Crippen molar-refractivity contribution in [2.24, 2.45) is 5.92 Å². The molecule has 1 heterocycles. The summed E-state index contributed by atoms with van der Waals surface area (Å²) >= 11 is 0. The van der Waals surface area contributed by atoms with E-state index in [-0.39, 0.29) is 5.75 Å². The molecular weight excluding hydrogens is 430 g/mol. The predicted octanol–water partition coefficient (Wildman–Crippen LogP) is 4.18. The number of aromatic nitrogens is 2. The number of nitrogens with zero attached hydrogens (tertiary/aromatic N) is 3. The summed E-state index contributed by atoms with van der Waals surface area (Å²) in [5, 5.41) is 18.5. The van der Waals surface area contributed by atoms with Crippen LogP contribution in [0.5, 0.6) is 17.2 Å². The number of para-hydroxylation sites is 1. The molecule has 2 aromatic carbocycles. The first-order valence-corrected chi connectivity index (χ1v) is 11.8. The highest BCUT2D eigenvalue weighted by Crippen LogP contribution is 2.33. The molecule has 3 aromatic rings. The van der Waals surface area contributed by atoms with Crippen LogP contribution in [-0.2, 0) is 6.54 Å². The van der Waals surface area contributed by atoms with Gasteiger partial charge < -0.3 is 30.1 Å². The highest BCUT2D eigenvalue weighted by molar-refractivity contribution is 5.90. The predicted molar refractivity (Wildman–Crippen MR) is 136 cm³/mol. The number of methoxy groups -OCH3 is 2. The van der Waals surface area contributed by atoms with Crippen LogP contribution in [-0.4, -0.2) is 56.0 Å². The minimum absolute atomic E-state index is 0.184. The van der Waals surface area contributed by atoms with Gasteiger partial charge in [-0.1, -0.05) is 12.1 Å². The van der Waals surface area contributed by atoms with Gasteiger partial charge in [0.05, 0.1) is 19.7 Å². The maximum absolute atomic E-state index is 10.3. The molecule has 8 heteroatoms. The maximum atomic E-state index is 10.3. The van der Waals surface area contributed by atoms with Gasteiger partial charge in [0.25, 0.3) is 0 Å². The number of nitrogens with one attached hydrogen (secondary N) is 2. The number of anilines is 2. The lowest BCUT2D eigenvalue weighted by Crippen LogP contribution is -2.31. The van der Waals surface area contributed by atoms with E-state index in [0.717, 1.165) is 54.5 Å². The lowest BCUT2D eigenvalue weighted by atomic mass is 9.86. The molecule has 0 saturated heterocycles. The van der Waals surface area contributed by atoms with E-state index in [4.69, 9.17) is 19.4 Å². The lowest BCUT2D eigenvalue weighted by molar-refractivity contribution is 0.321. The van der Waals surface area contributed by atoms with Crippen LogP contribution in [0.25, 0.3) is 10.9 Å². The topological polar surface area (TPSA) is 91.8 Å². The summed E-state index contributed by atoms with van der Waals surface area (Å²) in [7, 11) is 7.20. The van der Waals surface area contributed by atoms with Gasteiger partial charge in [-0.2, -0.15) is 4.98 Å². The van der Waals surface area contributed by atoms with E-state index < -0.39 is 0 Å². The zero-order valence-corrected chi connectivity index (χ0v) is 20.5. The minimum atomic E-state index is 0.184. The molecule has 4 rings (SSSR count). The van der Waals surface area contributed by atoms with Crippen LogP contribution in [0.2, 0.25) is 0 Å². The SMILES string of the molecule is COc1cc(O)c(CNCC2CCC(Nc3nc(N(C)C)c4ccccc4n3)CC2)c(OC)c1. The van der Waals surface area contributed by atoms with E-state index in [0.29, 0.717) is 36.0 Å². The summed E-state index contributed by atoms with van der Waals surface area (Å²) in [5.41, 5.74) is 1.71. The van der Waals surface area contributed by atoms with E-state index in [1.807, 2.05) is 37.2 Å². The Hall–Kier alpha value is -3.26. The van der Waals surface area contributed by atoms with Crippen molar-refractivity contribution in [2.75, 3.05) is 45.1 Å². The van der Waals surface area contributed by atoms with Gasteiger partial charge in [-0.25, -0.2) is 4.98 Å². The van der Waals surface area contributed by atoms with Crippen LogP contribution < -0.4 is 25.0 Å². The molecule has 1 aromatic heterocycles. The van der Waals surface area contributed by atoms with Crippen LogP contribution in [0.3, 0.4) is 0 Å². The maximum Gasteiger partial charge on any atom is 0.225 e. The average molecular weight is 466 g/mol. The number of fused-ring (bicyclic) bond motifs is 1. The summed E-state index contributed by atoms with van der Waals surface area (Å²) in [6.45, 7) is 1.45. The van der Waals surface area contributed by atoms with Crippen molar-refractivity contribution in [2.45, 2.75) is 38.3 Å². The highest BCUT2D eigenvalue weighted by atomic mass is 16.5. The van der Waals surface area contributed by atoms with Gasteiger partial charge in [-0.05, 0) is 50.3 Å². The van der Waals surface area contributed by atoms with Crippen LogP contribution in [0.1, 0.15) is 31.2 Å². The molecule has 1 aliphatic carbocycles. The van der Waals surface area contributed by atoms with E-state index in [1.54, 1.807) is 26.4 Å². The Bertz CT molecular complexity index is 1110. The molecule has 0 aliphatic heterocycles. The fraction of sp³-hybridized carbons (Fsp3) is 0.462. The fourth-order valence-corrected chi connectivity index (χ4v) is 4.64. The van der Waals surface area contributed by atoms with Gasteiger partial charge in [-0.3, -0.25) is 0 Å². The third-order valence-corrected chi connectivity index (χ3v) is 6.54. The Kier molecular flexibility index (Phi) is 7.57. The summed E-state index contributed by atoms with van der Waals surface area (Å²) in [4.78, 5) is 11.6. The van der Waals surface area contributed by atoms with Crippen LogP contribution in [0.4, 0.5) is 11.8 Å². The third-order valence-electron chi connectivity index (χ3n) is 6.54. The van der Waals surface area contributed by atoms with Crippen LogP contribution in [0.15, 0.2) is 36.4 Å². The zero-order chi connectivity index (χ0) is 24.1. The molecule has 1 saturated carbocycles. The molecular formula is C26H35N5O3. The van der Waals surface area contributed by atoms with Gasteiger partial charge >= 0.3 is 0 Å². The molecule has 8 nitrogen and oxygen atoms in total. The second-order valence-corrected chi connectivity index (χ2v) is 9.10. The van der Waals surface area contributed by atoms with Crippen molar-refractivity contribution in [3.8, 4) is 17.2 Å². The average Bonchev–Trinajstić information content (AvgIpc) is 2.85. The summed E-state index contributed by atoms with van der Waals surface area (Å²) in [5.74, 6) is 3.62. The molecule has 0 spiro atoms. The molecule has 0 unspecified atom stereocenters. The zero-order valence-electron chi connectivity index (χ0n) is 20.5. The Morgan fingerprint density at radius 2 is 1.79 bits per heavy atom. The van der Waals surface area contributed by atoms with Crippen molar-refractivity contribution in [1.82, 2.24) is 15.3 Å². The van der Waals surface area contributed by atoms with Crippen molar-refractivity contribution in [3.63, 3.8) is 0 Å². The lowest BCUT2D eigenvalue weighted by Gasteiger charge is -2.29. The standard InChI is InChI=1S/C26H35N5O3/c1-31(2)25-20-7-5-6-8-22(20)29-26(30-25)28-18-11-9-17(10-12-18)15-27-16-21-23(32)13-19(33-3)14-24(21)34-4/h5-8,13-14,17-18,27,32H,9-12,15-16H2,1-4H3,(H,28,29,30). The first-order chi connectivity index (χ1) is 16.5. The van der Waals surface area contributed by atoms with Gasteiger partial charge in [0.15, 0.2) is 0 Å². The molecule has 3 N–H and O–H groups in total. The van der Waals surface area contributed by atoms with Gasteiger partial charge in [-0.15, -0.1) is 0 Å². The summed E-state index contributed by atoms with van der Waals surface area (Å²) < 4.78 is 10.6. The van der Waals surface area contributed by atoms with Crippen molar-refractivity contribution < 1.29 is 14.6 Å². The molecule has 0 radical (unpaired) electrons. The second-order valence-electron chi connectivity index (χ2n) is 9.10. The first kappa shape index (κ1) is 23.9. The Balaban J connectivity index is 1.30. The second kappa shape index (κ2) is 10.8. The smallest absolute Gasteiger partial charge is 0.225 e. The van der Waals surface area contributed by atoms with Gasteiger partial charge in [0.1, 0.15) is 23.1 Å². The van der Waals surface area contributed by atoms with Crippen molar-refractivity contribution in [1.29, 1.82) is 0 Å². The molecule has 0 amide bonds. The van der Waals surface area contributed by atoms with Crippen LogP contribution in [0, 0.1) is 5.92 Å². The normalized spacial score (nSPS) is 18.0. The number of hydrogen-bond acceptors (Lipinski definition) is 8. The molecule has 1 aliphatic rings. The molecule has 34 heavy (non-hydrogen) atoms. The fourth-order valence-electron chi connectivity index (χ4n) is 4.64. The van der Waals surface area contributed by atoms with E-state index in [9.17, 15) is 5.11 Å². The number of benzene rings is 2. The van der Waals surface area contributed by atoms with E-state index in [2.05, 4.69) is 16.7 Å². The number of phenols is 1. The molecule has 0 atom stereocenters. The van der Waals surface area contributed by atoms with Crippen molar-refractivity contribution in [3.05, 3.63) is 42.0 Å². The minimum Gasteiger partial charge on any atom is -0.507 e. The highest BCUT2D eigenvalue weighted by Gasteiger charge is 2.22.